The Bertz CT molecular complexity index is 935. The average Bonchev–Trinajstić information content (AvgIpc) is 3.13. The predicted molar refractivity (Wildman–Crippen MR) is 112 cm³/mol. The number of nitrogens with zero attached hydrogens (tertiary/aromatic N) is 2. The van der Waals surface area contributed by atoms with Gasteiger partial charge in [0.2, 0.25) is 0 Å². The topological polar surface area (TPSA) is 83.9 Å². The van der Waals surface area contributed by atoms with Crippen LogP contribution >= 0.6 is 11.8 Å². The van der Waals surface area contributed by atoms with Gasteiger partial charge in [-0.3, -0.25) is 9.59 Å². The molecule has 1 amide bonds. The molecule has 3 fully saturated rings. The molecule has 1 aromatic rings. The van der Waals surface area contributed by atoms with E-state index in [2.05, 4.69) is 4.99 Å². The van der Waals surface area contributed by atoms with Crippen molar-refractivity contribution in [3.63, 3.8) is 0 Å². The lowest BCUT2D eigenvalue weighted by Gasteiger charge is -2.25. The van der Waals surface area contributed by atoms with Crippen LogP contribution in [0, 0.1) is 5.92 Å². The van der Waals surface area contributed by atoms with Crippen molar-refractivity contribution in [2.24, 2.45) is 10.9 Å². The summed E-state index contributed by atoms with van der Waals surface area (Å²) in [6.45, 7) is 1.50. The zero-order chi connectivity index (χ0) is 19.9. The average molecular weight is 421 g/mol. The van der Waals surface area contributed by atoms with E-state index >= 15 is 0 Å². The van der Waals surface area contributed by atoms with Crippen molar-refractivity contribution < 1.29 is 18.0 Å². The molecule has 1 saturated carbocycles. The van der Waals surface area contributed by atoms with Crippen molar-refractivity contribution in [3.05, 3.63) is 29.8 Å². The third kappa shape index (κ3) is 3.89. The molecule has 2 saturated heterocycles. The molecule has 0 bridgehead atoms. The standard InChI is InChI=1S/C20H24N2O4S2/c1-13(23)15-8-5-9-16(10-15)22-17-11-28(25,26)12-18(17)27-20(22)21-19(24)14-6-3-2-4-7-14/h5,8-10,14,17-18H,2-4,6-7,11-12H2,1H3/t17-,18-/m1/s1. The summed E-state index contributed by atoms with van der Waals surface area (Å²) in [7, 11) is -3.11. The van der Waals surface area contributed by atoms with Gasteiger partial charge in [0.15, 0.2) is 20.8 Å². The smallest absolute Gasteiger partial charge is 0.251 e. The van der Waals surface area contributed by atoms with Crippen LogP contribution < -0.4 is 4.90 Å². The minimum atomic E-state index is -3.11. The van der Waals surface area contributed by atoms with Crippen molar-refractivity contribution in [1.29, 1.82) is 0 Å². The van der Waals surface area contributed by atoms with Gasteiger partial charge in [0.25, 0.3) is 5.91 Å². The molecule has 0 spiro atoms. The normalized spacial score (nSPS) is 28.5. The summed E-state index contributed by atoms with van der Waals surface area (Å²) in [5, 5.41) is 0.435. The second-order valence-corrected chi connectivity index (χ2v) is 11.2. The summed E-state index contributed by atoms with van der Waals surface area (Å²) in [6.07, 6.45) is 5.04. The molecule has 2 aliphatic heterocycles. The highest BCUT2D eigenvalue weighted by molar-refractivity contribution is 8.16. The number of fused-ring (bicyclic) bond motifs is 1. The number of amides is 1. The van der Waals surface area contributed by atoms with Crippen LogP contribution in [-0.4, -0.2) is 48.1 Å². The second kappa shape index (κ2) is 7.63. The minimum absolute atomic E-state index is 0.0311. The molecular weight excluding hydrogens is 396 g/mol. The highest BCUT2D eigenvalue weighted by Crippen LogP contribution is 2.41. The number of sulfone groups is 1. The quantitative estimate of drug-likeness (QED) is 0.699. The Morgan fingerprint density at radius 2 is 1.89 bits per heavy atom. The second-order valence-electron chi connectivity index (χ2n) is 7.84. The van der Waals surface area contributed by atoms with E-state index in [0.717, 1.165) is 31.4 Å². The van der Waals surface area contributed by atoms with Gasteiger partial charge in [0, 0.05) is 22.4 Å². The summed E-state index contributed by atoms with van der Waals surface area (Å²) in [5.41, 5.74) is 1.28. The fourth-order valence-corrected chi connectivity index (χ4v) is 8.20. The number of Topliss-reactive ketones (excluding diaryl/α,β-unsaturated/α-hetero) is 1. The molecule has 0 N–H and O–H groups in total. The van der Waals surface area contributed by atoms with Gasteiger partial charge in [-0.25, -0.2) is 8.42 Å². The van der Waals surface area contributed by atoms with Crippen LogP contribution in [-0.2, 0) is 14.6 Å². The molecule has 6 nitrogen and oxygen atoms in total. The van der Waals surface area contributed by atoms with Crippen molar-refractivity contribution in [1.82, 2.24) is 0 Å². The van der Waals surface area contributed by atoms with E-state index in [4.69, 9.17) is 0 Å². The van der Waals surface area contributed by atoms with Crippen molar-refractivity contribution in [2.75, 3.05) is 16.4 Å². The van der Waals surface area contributed by atoms with Gasteiger partial charge in [-0.2, -0.15) is 4.99 Å². The number of aliphatic imine (C=N–C) groups is 1. The number of thioether (sulfide) groups is 1. The van der Waals surface area contributed by atoms with Gasteiger partial charge in [-0.1, -0.05) is 43.2 Å². The number of benzene rings is 1. The van der Waals surface area contributed by atoms with E-state index in [0.29, 0.717) is 10.7 Å². The fourth-order valence-electron chi connectivity index (χ4n) is 4.28. The van der Waals surface area contributed by atoms with Crippen LogP contribution in [0.4, 0.5) is 5.69 Å². The first-order valence-corrected chi connectivity index (χ1v) is 12.4. The number of amidine groups is 1. The van der Waals surface area contributed by atoms with E-state index < -0.39 is 9.84 Å². The molecule has 150 valence electrons. The Morgan fingerprint density at radius 1 is 1.14 bits per heavy atom. The Hall–Kier alpha value is -1.67. The third-order valence-corrected chi connectivity index (χ3v) is 8.97. The molecular formula is C20H24N2O4S2. The lowest BCUT2D eigenvalue weighted by molar-refractivity contribution is -0.122. The highest BCUT2D eigenvalue weighted by Gasteiger charge is 2.49. The first-order chi connectivity index (χ1) is 13.3. The predicted octanol–water partition coefficient (Wildman–Crippen LogP) is 3.07. The lowest BCUT2D eigenvalue weighted by Crippen LogP contribution is -2.38. The maximum Gasteiger partial charge on any atom is 0.251 e. The number of carbonyl (C=O) groups excluding carboxylic acids is 2. The van der Waals surface area contributed by atoms with Gasteiger partial charge < -0.3 is 4.90 Å². The molecule has 1 aromatic carbocycles. The summed E-state index contributed by atoms with van der Waals surface area (Å²) in [5.74, 6) is -0.0387. The number of ketones is 1. The largest absolute Gasteiger partial charge is 0.316 e. The van der Waals surface area contributed by atoms with Gasteiger partial charge in [0.05, 0.1) is 17.5 Å². The van der Waals surface area contributed by atoms with Gasteiger partial charge >= 0.3 is 0 Å². The Labute approximate surface area is 169 Å². The molecule has 2 atom stereocenters. The van der Waals surface area contributed by atoms with Crippen LogP contribution in [0.5, 0.6) is 0 Å². The molecule has 3 aliphatic rings. The maximum absolute atomic E-state index is 12.8. The van der Waals surface area contributed by atoms with E-state index in [-0.39, 0.29) is 40.4 Å². The van der Waals surface area contributed by atoms with Crippen LogP contribution in [0.15, 0.2) is 29.3 Å². The lowest BCUT2D eigenvalue weighted by atomic mass is 9.89. The van der Waals surface area contributed by atoms with Crippen LogP contribution in [0.1, 0.15) is 49.4 Å². The zero-order valence-corrected chi connectivity index (χ0v) is 17.5. The van der Waals surface area contributed by atoms with E-state index in [1.807, 2.05) is 11.0 Å². The number of hydrogen-bond donors (Lipinski definition) is 0. The van der Waals surface area contributed by atoms with Crippen molar-refractivity contribution in [2.45, 2.75) is 50.3 Å². The van der Waals surface area contributed by atoms with Crippen LogP contribution in [0.3, 0.4) is 0 Å². The molecule has 28 heavy (non-hydrogen) atoms. The number of carbonyl (C=O) groups is 2. The SMILES string of the molecule is CC(=O)c1cccc(N2C(=NC(=O)C3CCCCC3)S[C@@H]3CS(=O)(=O)C[C@H]32)c1. The first-order valence-electron chi connectivity index (χ1n) is 9.74. The molecule has 0 aromatic heterocycles. The Morgan fingerprint density at radius 3 is 2.61 bits per heavy atom. The molecule has 1 aliphatic carbocycles. The van der Waals surface area contributed by atoms with Crippen molar-refractivity contribution in [3.8, 4) is 0 Å². The Kier molecular flexibility index (Phi) is 5.35. The molecule has 0 unspecified atom stereocenters. The third-order valence-electron chi connectivity index (χ3n) is 5.76. The van der Waals surface area contributed by atoms with E-state index in [1.54, 1.807) is 18.2 Å². The van der Waals surface area contributed by atoms with Gasteiger partial charge in [0.1, 0.15) is 0 Å². The minimum Gasteiger partial charge on any atom is -0.316 e. The number of anilines is 1. The van der Waals surface area contributed by atoms with Gasteiger partial charge in [-0.15, -0.1) is 0 Å². The fraction of sp³-hybridized carbons (Fsp3) is 0.550. The highest BCUT2D eigenvalue weighted by atomic mass is 32.2. The molecule has 4 rings (SSSR count). The van der Waals surface area contributed by atoms with E-state index in [9.17, 15) is 18.0 Å². The number of rotatable bonds is 3. The Balaban J connectivity index is 1.69. The molecule has 8 heteroatoms. The molecule has 0 radical (unpaired) electrons. The first kappa shape index (κ1) is 19.6. The van der Waals surface area contributed by atoms with Crippen LogP contribution in [0.25, 0.3) is 0 Å². The van der Waals surface area contributed by atoms with Crippen LogP contribution in [0.2, 0.25) is 0 Å². The number of hydrogen-bond acceptors (Lipinski definition) is 5. The molecule has 2 heterocycles. The summed E-state index contributed by atoms with van der Waals surface area (Å²) in [6, 6.07) is 6.88. The van der Waals surface area contributed by atoms with E-state index in [1.165, 1.54) is 25.1 Å². The zero-order valence-electron chi connectivity index (χ0n) is 15.8. The maximum atomic E-state index is 12.8. The van der Waals surface area contributed by atoms with Gasteiger partial charge in [-0.05, 0) is 31.9 Å². The summed E-state index contributed by atoms with van der Waals surface area (Å²) >= 11 is 1.38. The summed E-state index contributed by atoms with van der Waals surface area (Å²) < 4.78 is 24.3. The van der Waals surface area contributed by atoms with Crippen molar-refractivity contribution >= 4 is 44.1 Å². The monoisotopic (exact) mass is 420 g/mol. The summed E-state index contributed by atoms with van der Waals surface area (Å²) in [4.78, 5) is 30.9.